The van der Waals surface area contributed by atoms with Crippen molar-refractivity contribution in [1.82, 2.24) is 0 Å². The van der Waals surface area contributed by atoms with Crippen LogP contribution in [0.2, 0.25) is 0 Å². The monoisotopic (exact) mass is 224 g/mol. The zero-order valence-electron chi connectivity index (χ0n) is 9.47. The molecule has 4 heteroatoms. The molecule has 0 fully saturated rings. The summed E-state index contributed by atoms with van der Waals surface area (Å²) in [6.45, 7) is 1.98. The van der Waals surface area contributed by atoms with E-state index in [4.69, 9.17) is 14.6 Å². The van der Waals surface area contributed by atoms with Crippen molar-refractivity contribution in [3.8, 4) is 11.5 Å². The Balaban J connectivity index is 2.63. The molecule has 1 atom stereocenters. The molecule has 0 heterocycles. The molecule has 1 rings (SSSR count). The third kappa shape index (κ3) is 3.15. The number of methoxy groups -OCH3 is 1. The van der Waals surface area contributed by atoms with Crippen molar-refractivity contribution in [2.75, 3.05) is 13.7 Å². The summed E-state index contributed by atoms with van der Waals surface area (Å²) in [7, 11) is 1.55. The highest BCUT2D eigenvalue weighted by Gasteiger charge is 2.16. The number of carbonyl (C=O) groups is 1. The quantitative estimate of drug-likeness (QED) is 0.804. The summed E-state index contributed by atoms with van der Waals surface area (Å²) in [6, 6.07) is 7.18. The van der Waals surface area contributed by atoms with Crippen molar-refractivity contribution < 1.29 is 19.4 Å². The first-order chi connectivity index (χ1) is 7.69. The van der Waals surface area contributed by atoms with Crippen molar-refractivity contribution in [2.45, 2.75) is 13.3 Å². The van der Waals surface area contributed by atoms with E-state index in [-0.39, 0.29) is 6.61 Å². The summed E-state index contributed by atoms with van der Waals surface area (Å²) in [5.74, 6) is -0.130. The molecule has 0 spiro atoms. The molecule has 0 bridgehead atoms. The average molecular weight is 224 g/mol. The van der Waals surface area contributed by atoms with Gasteiger partial charge in [-0.2, -0.15) is 0 Å². The van der Waals surface area contributed by atoms with E-state index in [9.17, 15) is 4.79 Å². The Morgan fingerprint density at radius 2 is 2.00 bits per heavy atom. The number of hydrogen-bond acceptors (Lipinski definition) is 3. The number of hydrogen-bond donors (Lipinski definition) is 1. The van der Waals surface area contributed by atoms with E-state index in [0.717, 1.165) is 0 Å². The highest BCUT2D eigenvalue weighted by Crippen LogP contribution is 2.26. The van der Waals surface area contributed by atoms with Crippen molar-refractivity contribution in [2.24, 2.45) is 5.92 Å². The van der Waals surface area contributed by atoms with Crippen LogP contribution in [0.1, 0.15) is 13.3 Å². The summed E-state index contributed by atoms with van der Waals surface area (Å²) in [5, 5.41) is 8.87. The van der Waals surface area contributed by atoms with Gasteiger partial charge in [-0.05, 0) is 18.6 Å². The molecule has 1 aromatic rings. The predicted molar refractivity (Wildman–Crippen MR) is 59.9 cm³/mol. The number of ether oxygens (including phenoxy) is 2. The van der Waals surface area contributed by atoms with Gasteiger partial charge in [0.1, 0.15) is 6.61 Å². The standard InChI is InChI=1S/C12H16O4/c1-3-9(12(13)14)8-16-11-7-5-4-6-10(11)15-2/h4-7,9H,3,8H2,1-2H3,(H,13,14). The van der Waals surface area contributed by atoms with E-state index in [1.165, 1.54) is 0 Å². The van der Waals surface area contributed by atoms with Crippen LogP contribution < -0.4 is 9.47 Å². The van der Waals surface area contributed by atoms with Crippen molar-refractivity contribution in [3.05, 3.63) is 24.3 Å². The molecule has 1 aromatic carbocycles. The number of rotatable bonds is 6. The highest BCUT2D eigenvalue weighted by atomic mass is 16.5. The highest BCUT2D eigenvalue weighted by molar-refractivity contribution is 5.70. The largest absolute Gasteiger partial charge is 0.493 e. The molecule has 0 aliphatic rings. The summed E-state index contributed by atoms with van der Waals surface area (Å²) in [4.78, 5) is 10.8. The fourth-order valence-electron chi connectivity index (χ4n) is 1.29. The summed E-state index contributed by atoms with van der Waals surface area (Å²) >= 11 is 0. The third-order valence-corrected chi connectivity index (χ3v) is 2.35. The number of benzene rings is 1. The molecule has 0 aliphatic heterocycles. The van der Waals surface area contributed by atoms with Gasteiger partial charge in [0.05, 0.1) is 13.0 Å². The molecule has 4 nitrogen and oxygen atoms in total. The van der Waals surface area contributed by atoms with E-state index < -0.39 is 11.9 Å². The molecule has 0 radical (unpaired) electrons. The first-order valence-corrected chi connectivity index (χ1v) is 5.17. The lowest BCUT2D eigenvalue weighted by molar-refractivity contribution is -0.142. The first kappa shape index (κ1) is 12.4. The van der Waals surface area contributed by atoms with Crippen LogP contribution in [0.4, 0.5) is 0 Å². The Hall–Kier alpha value is -1.71. The maximum absolute atomic E-state index is 10.8. The van der Waals surface area contributed by atoms with Crippen LogP contribution >= 0.6 is 0 Å². The summed E-state index contributed by atoms with van der Waals surface area (Å²) in [6.07, 6.45) is 0.546. The van der Waals surface area contributed by atoms with Crippen LogP contribution in [0.3, 0.4) is 0 Å². The molecule has 0 aromatic heterocycles. The van der Waals surface area contributed by atoms with E-state index in [0.29, 0.717) is 17.9 Å². The van der Waals surface area contributed by atoms with E-state index in [2.05, 4.69) is 0 Å². The Morgan fingerprint density at radius 3 is 2.50 bits per heavy atom. The van der Waals surface area contributed by atoms with Gasteiger partial charge >= 0.3 is 5.97 Å². The minimum atomic E-state index is -0.836. The van der Waals surface area contributed by atoms with Crippen molar-refractivity contribution >= 4 is 5.97 Å². The van der Waals surface area contributed by atoms with Gasteiger partial charge in [0.15, 0.2) is 11.5 Å². The predicted octanol–water partition coefficient (Wildman–Crippen LogP) is 2.18. The van der Waals surface area contributed by atoms with Gasteiger partial charge in [0.2, 0.25) is 0 Å². The van der Waals surface area contributed by atoms with Gasteiger partial charge in [0.25, 0.3) is 0 Å². The van der Waals surface area contributed by atoms with Crippen LogP contribution in [0, 0.1) is 5.92 Å². The molecule has 0 amide bonds. The minimum Gasteiger partial charge on any atom is -0.493 e. The second-order valence-corrected chi connectivity index (χ2v) is 3.41. The average Bonchev–Trinajstić information content (AvgIpc) is 2.30. The number of aliphatic carboxylic acids is 1. The second kappa shape index (κ2) is 6.00. The molecular weight excluding hydrogens is 208 g/mol. The topological polar surface area (TPSA) is 55.8 Å². The molecule has 0 saturated heterocycles. The normalized spacial score (nSPS) is 11.9. The Morgan fingerprint density at radius 1 is 1.38 bits per heavy atom. The lowest BCUT2D eigenvalue weighted by atomic mass is 10.1. The second-order valence-electron chi connectivity index (χ2n) is 3.41. The van der Waals surface area contributed by atoms with Crippen LogP contribution in [0.5, 0.6) is 11.5 Å². The van der Waals surface area contributed by atoms with Gasteiger partial charge in [-0.1, -0.05) is 19.1 Å². The van der Waals surface area contributed by atoms with Crippen LogP contribution in [-0.4, -0.2) is 24.8 Å². The molecule has 1 unspecified atom stereocenters. The number of carboxylic acid groups (broad SMARTS) is 1. The zero-order chi connectivity index (χ0) is 12.0. The zero-order valence-corrected chi connectivity index (χ0v) is 9.47. The lowest BCUT2D eigenvalue weighted by Crippen LogP contribution is -2.20. The molecule has 0 saturated carbocycles. The Bertz CT molecular complexity index is 349. The summed E-state index contributed by atoms with van der Waals surface area (Å²) in [5.41, 5.74) is 0. The van der Waals surface area contributed by atoms with E-state index in [1.807, 2.05) is 19.1 Å². The van der Waals surface area contributed by atoms with Gasteiger partial charge in [0, 0.05) is 0 Å². The van der Waals surface area contributed by atoms with Crippen LogP contribution in [-0.2, 0) is 4.79 Å². The SMILES string of the molecule is CCC(COc1ccccc1OC)C(=O)O. The van der Waals surface area contributed by atoms with Gasteiger partial charge < -0.3 is 14.6 Å². The molecular formula is C12H16O4. The maximum atomic E-state index is 10.8. The van der Waals surface area contributed by atoms with Crippen molar-refractivity contribution in [3.63, 3.8) is 0 Å². The first-order valence-electron chi connectivity index (χ1n) is 5.17. The fraction of sp³-hybridized carbons (Fsp3) is 0.417. The Labute approximate surface area is 94.8 Å². The van der Waals surface area contributed by atoms with Gasteiger partial charge in [-0.15, -0.1) is 0 Å². The van der Waals surface area contributed by atoms with E-state index >= 15 is 0 Å². The number of carboxylic acids is 1. The van der Waals surface area contributed by atoms with E-state index in [1.54, 1.807) is 19.2 Å². The molecule has 1 N–H and O–H groups in total. The molecule has 0 aliphatic carbocycles. The van der Waals surface area contributed by atoms with Crippen molar-refractivity contribution in [1.29, 1.82) is 0 Å². The van der Waals surface area contributed by atoms with Gasteiger partial charge in [-0.3, -0.25) is 4.79 Å². The molecule has 16 heavy (non-hydrogen) atoms. The van der Waals surface area contributed by atoms with Crippen LogP contribution in [0.15, 0.2) is 24.3 Å². The van der Waals surface area contributed by atoms with Crippen LogP contribution in [0.25, 0.3) is 0 Å². The van der Waals surface area contributed by atoms with Gasteiger partial charge in [-0.25, -0.2) is 0 Å². The Kier molecular flexibility index (Phi) is 4.64. The third-order valence-electron chi connectivity index (χ3n) is 2.35. The lowest BCUT2D eigenvalue weighted by Gasteiger charge is -2.13. The smallest absolute Gasteiger partial charge is 0.309 e. The fourth-order valence-corrected chi connectivity index (χ4v) is 1.29. The number of para-hydroxylation sites is 2. The minimum absolute atomic E-state index is 0.159. The summed E-state index contributed by atoms with van der Waals surface area (Å²) < 4.78 is 10.5. The maximum Gasteiger partial charge on any atom is 0.309 e. The molecule has 88 valence electrons.